The predicted molar refractivity (Wildman–Crippen MR) is 127 cm³/mol. The van der Waals surface area contributed by atoms with Gasteiger partial charge in [0.1, 0.15) is 11.7 Å². The highest BCUT2D eigenvalue weighted by Crippen LogP contribution is 2.49. The number of hydrogen-bond donors (Lipinski definition) is 1. The number of methoxy groups -OCH3 is 4. The number of nitrogens with one attached hydrogen (secondary N) is 1. The van der Waals surface area contributed by atoms with Crippen molar-refractivity contribution in [1.29, 1.82) is 0 Å². The smallest absolute Gasteiger partial charge is 0.337 e. The van der Waals surface area contributed by atoms with Crippen LogP contribution in [0.15, 0.2) is 34.7 Å². The molecule has 9 nitrogen and oxygen atoms in total. The summed E-state index contributed by atoms with van der Waals surface area (Å²) in [6.07, 6.45) is 0.0487. The van der Waals surface area contributed by atoms with E-state index in [9.17, 15) is 14.4 Å². The van der Waals surface area contributed by atoms with E-state index in [-0.39, 0.29) is 17.6 Å². The van der Waals surface area contributed by atoms with Crippen molar-refractivity contribution in [1.82, 2.24) is 5.32 Å². The topological polar surface area (TPSA) is 109 Å². The van der Waals surface area contributed by atoms with E-state index in [0.29, 0.717) is 46.2 Å². The number of allylic oxidation sites excluding steroid dienone is 3. The molecule has 1 N–H and O–H groups in total. The lowest BCUT2D eigenvalue weighted by Gasteiger charge is -2.38. The van der Waals surface area contributed by atoms with E-state index in [4.69, 9.17) is 23.7 Å². The largest absolute Gasteiger partial charge is 0.496 e. The van der Waals surface area contributed by atoms with Crippen molar-refractivity contribution in [2.75, 3.05) is 28.4 Å². The molecule has 0 amide bonds. The van der Waals surface area contributed by atoms with Crippen LogP contribution >= 0.6 is 0 Å². The van der Waals surface area contributed by atoms with E-state index < -0.39 is 29.6 Å². The van der Waals surface area contributed by atoms with Crippen molar-refractivity contribution in [3.63, 3.8) is 0 Å². The third-order valence-electron chi connectivity index (χ3n) is 6.35. The van der Waals surface area contributed by atoms with Gasteiger partial charge in [-0.1, -0.05) is 6.92 Å². The number of carbonyl (C=O) groups excluding carboxylic acids is 3. The van der Waals surface area contributed by atoms with Crippen molar-refractivity contribution in [3.05, 3.63) is 40.2 Å². The van der Waals surface area contributed by atoms with Gasteiger partial charge >= 0.3 is 11.9 Å². The molecule has 35 heavy (non-hydrogen) atoms. The number of hydrogen-bond acceptors (Lipinski definition) is 9. The maximum absolute atomic E-state index is 13.9. The zero-order chi connectivity index (χ0) is 26.0. The molecule has 1 aliphatic carbocycles. The molecule has 1 aromatic rings. The van der Waals surface area contributed by atoms with Gasteiger partial charge in [0.2, 0.25) is 0 Å². The van der Waals surface area contributed by atoms with Crippen LogP contribution in [0.2, 0.25) is 0 Å². The first-order chi connectivity index (χ1) is 16.6. The minimum absolute atomic E-state index is 0.259. The number of ether oxygens (including phenoxy) is 5. The highest BCUT2D eigenvalue weighted by atomic mass is 16.5. The fourth-order valence-corrected chi connectivity index (χ4v) is 4.82. The summed E-state index contributed by atoms with van der Waals surface area (Å²) in [5, 5.41) is 3.24. The van der Waals surface area contributed by atoms with Gasteiger partial charge in [-0.15, -0.1) is 0 Å². The minimum atomic E-state index is -0.991. The number of benzene rings is 1. The molecular weight excluding hydrogens is 454 g/mol. The minimum Gasteiger partial charge on any atom is -0.496 e. The van der Waals surface area contributed by atoms with Crippen LogP contribution in [-0.2, 0) is 23.9 Å². The van der Waals surface area contributed by atoms with Gasteiger partial charge < -0.3 is 29.0 Å². The summed E-state index contributed by atoms with van der Waals surface area (Å²) in [4.78, 5) is 39.8. The molecule has 0 aromatic heterocycles. The first-order valence-corrected chi connectivity index (χ1v) is 11.4. The maximum Gasteiger partial charge on any atom is 0.337 e. The van der Waals surface area contributed by atoms with Crippen LogP contribution in [0.25, 0.3) is 0 Å². The molecule has 1 heterocycles. The predicted octanol–water partition coefficient (Wildman–Crippen LogP) is 3.28. The zero-order valence-corrected chi connectivity index (χ0v) is 21.4. The lowest BCUT2D eigenvalue weighted by Crippen LogP contribution is -2.43. The van der Waals surface area contributed by atoms with Crippen LogP contribution in [0.3, 0.4) is 0 Å². The maximum atomic E-state index is 13.9. The van der Waals surface area contributed by atoms with Gasteiger partial charge in [0, 0.05) is 28.6 Å². The third-order valence-corrected chi connectivity index (χ3v) is 6.35. The Balaban J connectivity index is 2.32. The molecule has 0 fully saturated rings. The summed E-state index contributed by atoms with van der Waals surface area (Å²) in [6.45, 7) is 7.10. The van der Waals surface area contributed by atoms with Crippen LogP contribution in [0.5, 0.6) is 17.2 Å². The van der Waals surface area contributed by atoms with E-state index in [1.807, 2.05) is 6.92 Å². The van der Waals surface area contributed by atoms with E-state index in [2.05, 4.69) is 5.32 Å². The quantitative estimate of drug-likeness (QED) is 0.458. The van der Waals surface area contributed by atoms with Gasteiger partial charge in [-0.25, -0.2) is 4.79 Å². The monoisotopic (exact) mass is 487 g/mol. The number of rotatable bonds is 7. The normalized spacial score (nSPS) is 21.9. The lowest BCUT2D eigenvalue weighted by molar-refractivity contribution is -0.151. The molecule has 0 saturated carbocycles. The molecule has 1 aromatic carbocycles. The van der Waals surface area contributed by atoms with Crippen LogP contribution in [0.1, 0.15) is 45.6 Å². The number of carbonyl (C=O) groups is 3. The van der Waals surface area contributed by atoms with Crippen molar-refractivity contribution in [3.8, 4) is 17.2 Å². The van der Waals surface area contributed by atoms with Crippen molar-refractivity contribution < 1.29 is 38.1 Å². The molecule has 3 rings (SSSR count). The van der Waals surface area contributed by atoms with E-state index in [1.165, 1.54) is 28.4 Å². The highest BCUT2D eigenvalue weighted by molar-refractivity contribution is 6.12. The number of ketones is 1. The molecule has 9 heteroatoms. The number of esters is 2. The number of dihydropyridines is 1. The summed E-state index contributed by atoms with van der Waals surface area (Å²) < 4.78 is 27.1. The van der Waals surface area contributed by atoms with Crippen LogP contribution < -0.4 is 19.5 Å². The highest BCUT2D eigenvalue weighted by Gasteiger charge is 2.48. The Labute approximate surface area is 205 Å². The molecule has 0 radical (unpaired) electrons. The molecule has 190 valence electrons. The van der Waals surface area contributed by atoms with Crippen LogP contribution in [0, 0.1) is 11.8 Å². The second kappa shape index (κ2) is 10.4. The Morgan fingerprint density at radius 1 is 1.00 bits per heavy atom. The fourth-order valence-electron chi connectivity index (χ4n) is 4.82. The Morgan fingerprint density at radius 2 is 1.60 bits per heavy atom. The average Bonchev–Trinajstić information content (AvgIpc) is 2.81. The number of Topliss-reactive ketones (excluding diaryl/α,β-unsaturated/α-hetero) is 1. The van der Waals surface area contributed by atoms with Crippen molar-refractivity contribution >= 4 is 17.7 Å². The second-order valence-corrected chi connectivity index (χ2v) is 8.94. The Bertz CT molecular complexity index is 1100. The molecule has 0 saturated heterocycles. The summed E-state index contributed by atoms with van der Waals surface area (Å²) in [6, 6.07) is 3.33. The van der Waals surface area contributed by atoms with Crippen LogP contribution in [0.4, 0.5) is 0 Å². The van der Waals surface area contributed by atoms with Crippen LogP contribution in [-0.4, -0.2) is 52.3 Å². The van der Waals surface area contributed by atoms with E-state index in [1.54, 1.807) is 32.9 Å². The molecule has 2 aliphatic rings. The van der Waals surface area contributed by atoms with Gasteiger partial charge in [-0.05, 0) is 39.2 Å². The summed E-state index contributed by atoms with van der Waals surface area (Å²) in [7, 11) is 5.75. The molecule has 0 spiro atoms. The lowest BCUT2D eigenvalue weighted by atomic mass is 9.69. The molecule has 3 atom stereocenters. The van der Waals surface area contributed by atoms with Gasteiger partial charge in [0.15, 0.2) is 17.3 Å². The molecule has 1 aliphatic heterocycles. The zero-order valence-electron chi connectivity index (χ0n) is 21.4. The standard InChI is InChI=1S/C26H33NO8/c1-12(2)35-26(30)21-14(4)27-16-9-13(3)20(25(29)34-8)24(28)23(16)22(21)15-10-18(32-6)19(33-7)11-17(15)31-5/h10-13,20,22,27H,9H2,1-8H3/t13-,20+,22+/m0/s1. The summed E-state index contributed by atoms with van der Waals surface area (Å²) in [5.41, 5.74) is 2.30. The average molecular weight is 488 g/mol. The second-order valence-electron chi connectivity index (χ2n) is 8.94. The van der Waals surface area contributed by atoms with Gasteiger partial charge in [0.25, 0.3) is 0 Å². The Morgan fingerprint density at radius 3 is 2.14 bits per heavy atom. The van der Waals surface area contributed by atoms with Gasteiger partial charge in [-0.2, -0.15) is 0 Å². The SMILES string of the molecule is COC(=O)[C@H]1C(=O)C2=C(C[C@@H]1C)NC(C)=C(C(=O)OC(C)C)[C@H]2c1cc(OC)c(OC)cc1OC. The first-order valence-electron chi connectivity index (χ1n) is 11.4. The summed E-state index contributed by atoms with van der Waals surface area (Å²) in [5.74, 6) is -2.49. The van der Waals surface area contributed by atoms with Gasteiger partial charge in [-0.3, -0.25) is 9.59 Å². The molecular formula is C26H33NO8. The fraction of sp³-hybridized carbons (Fsp3) is 0.500. The molecule has 0 unspecified atom stereocenters. The van der Waals surface area contributed by atoms with E-state index >= 15 is 0 Å². The Hall–Kier alpha value is -3.49. The summed E-state index contributed by atoms with van der Waals surface area (Å²) >= 11 is 0. The molecule has 0 bridgehead atoms. The van der Waals surface area contributed by atoms with E-state index in [0.717, 1.165) is 0 Å². The van der Waals surface area contributed by atoms with Crippen molar-refractivity contribution in [2.24, 2.45) is 11.8 Å². The van der Waals surface area contributed by atoms with Crippen molar-refractivity contribution in [2.45, 2.75) is 46.1 Å². The third kappa shape index (κ3) is 4.72. The van der Waals surface area contributed by atoms with Gasteiger partial charge in [0.05, 0.1) is 46.0 Å². The first kappa shape index (κ1) is 26.1. The Kier molecular flexibility index (Phi) is 7.77.